The second kappa shape index (κ2) is 9.22. The van der Waals surface area contributed by atoms with Gasteiger partial charge in [-0.05, 0) is 54.1 Å². The van der Waals surface area contributed by atoms with E-state index in [4.69, 9.17) is 4.74 Å². The predicted molar refractivity (Wildman–Crippen MR) is 124 cm³/mol. The van der Waals surface area contributed by atoms with Crippen LogP contribution >= 0.6 is 11.3 Å². The quantitative estimate of drug-likeness (QED) is 0.576. The van der Waals surface area contributed by atoms with Gasteiger partial charge in [-0.1, -0.05) is 30.3 Å². The smallest absolute Gasteiger partial charge is 0.313 e. The number of benzene rings is 2. The Hall–Kier alpha value is -3.32. The Balaban J connectivity index is 1.46. The van der Waals surface area contributed by atoms with Crippen molar-refractivity contribution in [1.29, 1.82) is 0 Å². The van der Waals surface area contributed by atoms with E-state index in [1.165, 1.54) is 18.4 Å². The zero-order chi connectivity index (χ0) is 21.8. The van der Waals surface area contributed by atoms with Crippen molar-refractivity contribution in [3.63, 3.8) is 0 Å². The molecule has 0 fully saturated rings. The highest BCUT2D eigenvalue weighted by molar-refractivity contribution is 7.10. The number of methoxy groups -OCH3 is 1. The number of hydrogen-bond donors (Lipinski definition) is 2. The third-order valence-corrected chi connectivity index (χ3v) is 6.41. The van der Waals surface area contributed by atoms with Crippen molar-refractivity contribution in [2.24, 2.45) is 0 Å². The van der Waals surface area contributed by atoms with Crippen molar-refractivity contribution in [2.75, 3.05) is 30.4 Å². The minimum absolute atomic E-state index is 0.0334. The molecule has 7 heteroatoms. The Labute approximate surface area is 185 Å². The van der Waals surface area contributed by atoms with Gasteiger partial charge >= 0.3 is 11.8 Å². The van der Waals surface area contributed by atoms with Gasteiger partial charge in [0, 0.05) is 23.7 Å². The lowest BCUT2D eigenvalue weighted by Gasteiger charge is -2.30. The predicted octanol–water partition coefficient (Wildman–Crippen LogP) is 3.92. The Kier molecular flexibility index (Phi) is 6.23. The van der Waals surface area contributed by atoms with Gasteiger partial charge in [-0.15, -0.1) is 11.3 Å². The first kappa shape index (κ1) is 20.9. The highest BCUT2D eigenvalue weighted by Gasteiger charge is 2.28. The van der Waals surface area contributed by atoms with E-state index in [2.05, 4.69) is 33.7 Å². The molecule has 1 atom stereocenters. The van der Waals surface area contributed by atoms with Crippen molar-refractivity contribution in [3.05, 3.63) is 76.0 Å². The van der Waals surface area contributed by atoms with Crippen LogP contribution in [0.3, 0.4) is 0 Å². The number of carbonyl (C=O) groups excluding carboxylic acids is 2. The molecule has 4 rings (SSSR count). The largest absolute Gasteiger partial charge is 0.495 e. The van der Waals surface area contributed by atoms with E-state index in [1.54, 1.807) is 23.5 Å². The van der Waals surface area contributed by atoms with Gasteiger partial charge in [-0.2, -0.15) is 0 Å². The van der Waals surface area contributed by atoms with Crippen LogP contribution in [0.25, 0.3) is 0 Å². The van der Waals surface area contributed by atoms with Crippen LogP contribution in [-0.2, 0) is 16.0 Å². The minimum atomic E-state index is -0.712. The molecule has 0 unspecified atom stereocenters. The highest BCUT2D eigenvalue weighted by Crippen LogP contribution is 2.36. The van der Waals surface area contributed by atoms with Crippen LogP contribution in [0, 0.1) is 6.92 Å². The van der Waals surface area contributed by atoms with Crippen LogP contribution in [0.4, 0.5) is 11.4 Å². The average molecular weight is 436 g/mol. The topological polar surface area (TPSA) is 70.7 Å². The van der Waals surface area contributed by atoms with Crippen molar-refractivity contribution in [3.8, 4) is 5.75 Å². The maximum Gasteiger partial charge on any atom is 0.313 e. The number of ether oxygens (including phenoxy) is 1. The molecule has 3 aromatic rings. The van der Waals surface area contributed by atoms with Gasteiger partial charge in [-0.3, -0.25) is 9.59 Å². The number of amides is 2. The summed E-state index contributed by atoms with van der Waals surface area (Å²) in [7, 11) is 1.53. The maximum atomic E-state index is 12.6. The highest BCUT2D eigenvalue weighted by atomic mass is 32.1. The van der Waals surface area contributed by atoms with Gasteiger partial charge in [0.15, 0.2) is 0 Å². The van der Waals surface area contributed by atoms with E-state index in [-0.39, 0.29) is 6.04 Å². The molecule has 31 heavy (non-hydrogen) atoms. The molecule has 2 heterocycles. The van der Waals surface area contributed by atoms with Crippen molar-refractivity contribution < 1.29 is 14.3 Å². The SMILES string of the molecule is COc1ccc(C)cc1NC(=O)C(=O)NC[C@H](c1cccs1)N1CCc2ccccc21. The third-order valence-electron chi connectivity index (χ3n) is 5.44. The Morgan fingerprint density at radius 3 is 2.74 bits per heavy atom. The zero-order valence-corrected chi connectivity index (χ0v) is 18.4. The summed E-state index contributed by atoms with van der Waals surface area (Å²) in [6.45, 7) is 3.13. The van der Waals surface area contributed by atoms with Crippen LogP contribution in [-0.4, -0.2) is 32.0 Å². The summed E-state index contributed by atoms with van der Waals surface area (Å²) in [4.78, 5) is 28.6. The Morgan fingerprint density at radius 2 is 1.97 bits per heavy atom. The second-order valence-corrected chi connectivity index (χ2v) is 8.45. The van der Waals surface area contributed by atoms with Gasteiger partial charge in [0.2, 0.25) is 0 Å². The second-order valence-electron chi connectivity index (χ2n) is 7.47. The molecule has 0 aliphatic carbocycles. The van der Waals surface area contributed by atoms with E-state index in [9.17, 15) is 9.59 Å². The van der Waals surface area contributed by atoms with Crippen LogP contribution in [0.15, 0.2) is 60.0 Å². The lowest BCUT2D eigenvalue weighted by Crippen LogP contribution is -2.41. The Bertz CT molecular complexity index is 1080. The first-order valence-corrected chi connectivity index (χ1v) is 11.1. The first-order valence-electron chi connectivity index (χ1n) is 10.2. The average Bonchev–Trinajstić information content (AvgIpc) is 3.45. The standard InChI is InChI=1S/C24H25N3O3S/c1-16-9-10-21(30-2)18(14-16)26-24(29)23(28)25-15-20(22-8-5-13-31-22)27-12-11-17-6-3-4-7-19(17)27/h3-10,13-14,20H,11-12,15H2,1-2H3,(H,25,28)(H,26,29)/t20-/m1/s1. The fraction of sp³-hybridized carbons (Fsp3) is 0.250. The zero-order valence-electron chi connectivity index (χ0n) is 17.6. The van der Waals surface area contributed by atoms with E-state index in [1.807, 2.05) is 36.6 Å². The molecule has 0 radical (unpaired) electrons. The number of carbonyl (C=O) groups is 2. The number of para-hydroxylation sites is 1. The molecule has 1 aliphatic rings. The van der Waals surface area contributed by atoms with Crippen LogP contribution in [0.1, 0.15) is 22.0 Å². The summed E-state index contributed by atoms with van der Waals surface area (Å²) in [5.74, 6) is -0.870. The molecule has 2 N–H and O–H groups in total. The molecular formula is C24H25N3O3S. The number of hydrogen-bond acceptors (Lipinski definition) is 5. The molecule has 2 amide bonds. The van der Waals surface area contributed by atoms with Crippen molar-refractivity contribution in [1.82, 2.24) is 5.32 Å². The lowest BCUT2D eigenvalue weighted by atomic mass is 10.1. The van der Waals surface area contributed by atoms with E-state index in [0.717, 1.165) is 23.4 Å². The summed E-state index contributed by atoms with van der Waals surface area (Å²) in [6.07, 6.45) is 0.972. The first-order chi connectivity index (χ1) is 15.1. The van der Waals surface area contributed by atoms with Gasteiger partial charge in [0.25, 0.3) is 0 Å². The van der Waals surface area contributed by atoms with Crippen molar-refractivity contribution >= 4 is 34.5 Å². The Morgan fingerprint density at radius 1 is 1.13 bits per heavy atom. The normalized spacial score (nSPS) is 13.4. The van der Waals surface area contributed by atoms with Gasteiger partial charge in [0.1, 0.15) is 5.75 Å². The van der Waals surface area contributed by atoms with Crippen molar-refractivity contribution in [2.45, 2.75) is 19.4 Å². The molecule has 0 bridgehead atoms. The number of fused-ring (bicyclic) bond motifs is 1. The van der Waals surface area contributed by atoms with Gasteiger partial charge in [0.05, 0.1) is 18.8 Å². The molecule has 0 spiro atoms. The number of thiophene rings is 1. The summed E-state index contributed by atoms with van der Waals surface area (Å²) in [5.41, 5.74) is 3.93. The third kappa shape index (κ3) is 4.56. The van der Waals surface area contributed by atoms with Gasteiger partial charge in [-0.25, -0.2) is 0 Å². The van der Waals surface area contributed by atoms with Crippen LogP contribution in [0.5, 0.6) is 5.75 Å². The van der Waals surface area contributed by atoms with Crippen LogP contribution in [0.2, 0.25) is 0 Å². The molecule has 0 saturated carbocycles. The number of rotatable bonds is 6. The number of anilines is 2. The summed E-state index contributed by atoms with van der Waals surface area (Å²) >= 11 is 1.65. The molecule has 0 saturated heterocycles. The molecule has 1 aliphatic heterocycles. The molecule has 6 nitrogen and oxygen atoms in total. The van der Waals surface area contributed by atoms with Gasteiger partial charge < -0.3 is 20.3 Å². The van der Waals surface area contributed by atoms with E-state index in [0.29, 0.717) is 18.0 Å². The van der Waals surface area contributed by atoms with E-state index < -0.39 is 11.8 Å². The molecule has 1 aromatic heterocycles. The fourth-order valence-electron chi connectivity index (χ4n) is 3.90. The van der Waals surface area contributed by atoms with E-state index >= 15 is 0 Å². The number of nitrogens with zero attached hydrogens (tertiary/aromatic N) is 1. The molecule has 2 aromatic carbocycles. The molecule has 160 valence electrons. The summed E-state index contributed by atoms with van der Waals surface area (Å²) < 4.78 is 5.28. The monoisotopic (exact) mass is 435 g/mol. The van der Waals surface area contributed by atoms with Crippen LogP contribution < -0.4 is 20.3 Å². The number of aryl methyl sites for hydroxylation is 1. The lowest BCUT2D eigenvalue weighted by molar-refractivity contribution is -0.136. The number of nitrogens with one attached hydrogen (secondary N) is 2. The minimum Gasteiger partial charge on any atom is -0.495 e. The fourth-order valence-corrected chi connectivity index (χ4v) is 4.74. The molecular weight excluding hydrogens is 410 g/mol. The summed E-state index contributed by atoms with van der Waals surface area (Å²) in [5, 5.41) is 7.51. The summed E-state index contributed by atoms with van der Waals surface area (Å²) in [6, 6.07) is 17.8. The maximum absolute atomic E-state index is 12.6.